The van der Waals surface area contributed by atoms with Crippen LogP contribution in [0.3, 0.4) is 0 Å². The molecule has 1 rings (SSSR count). The van der Waals surface area contributed by atoms with E-state index in [4.69, 9.17) is 5.73 Å². The first-order chi connectivity index (χ1) is 6.75. The number of hydrogen-bond acceptors (Lipinski definition) is 3. The van der Waals surface area contributed by atoms with Crippen molar-refractivity contribution in [1.29, 1.82) is 0 Å². The van der Waals surface area contributed by atoms with Crippen molar-refractivity contribution >= 4 is 11.4 Å². The van der Waals surface area contributed by atoms with E-state index in [0.717, 1.165) is 19.4 Å². The minimum absolute atomic E-state index is 0.151. The molecule has 0 spiro atoms. The summed E-state index contributed by atoms with van der Waals surface area (Å²) in [5.41, 5.74) is 6.50. The summed E-state index contributed by atoms with van der Waals surface area (Å²) in [6.45, 7) is 2.94. The summed E-state index contributed by atoms with van der Waals surface area (Å²) in [7, 11) is 0. The number of nitrogens with two attached hydrogens (primary N) is 1. The SMILES string of the molecule is CCCCCNc1c(N)cc[nH]c1=O. The highest BCUT2D eigenvalue weighted by atomic mass is 16.1. The average molecular weight is 195 g/mol. The standard InChI is InChI=1S/C10H17N3O/c1-2-3-4-6-12-9-8(11)5-7-13-10(9)14/h5,7,12H,2-4,6H2,1H3,(H3,11,13,14). The minimum Gasteiger partial charge on any atom is -0.397 e. The van der Waals surface area contributed by atoms with Gasteiger partial charge in [-0.2, -0.15) is 0 Å². The first kappa shape index (κ1) is 10.6. The molecule has 0 amide bonds. The van der Waals surface area contributed by atoms with E-state index in [1.54, 1.807) is 12.3 Å². The molecule has 14 heavy (non-hydrogen) atoms. The number of nitrogen functional groups attached to an aromatic ring is 1. The van der Waals surface area contributed by atoms with Gasteiger partial charge in [0, 0.05) is 12.7 Å². The van der Waals surface area contributed by atoms with Gasteiger partial charge in [0.25, 0.3) is 5.56 Å². The average Bonchev–Trinajstić information content (AvgIpc) is 2.16. The van der Waals surface area contributed by atoms with Gasteiger partial charge in [-0.15, -0.1) is 0 Å². The third kappa shape index (κ3) is 2.80. The summed E-state index contributed by atoms with van der Waals surface area (Å²) in [5.74, 6) is 0. The zero-order valence-corrected chi connectivity index (χ0v) is 8.47. The second kappa shape index (κ2) is 5.32. The summed E-state index contributed by atoms with van der Waals surface area (Å²) < 4.78 is 0. The predicted molar refractivity (Wildman–Crippen MR) is 59.5 cm³/mol. The Labute approximate surface area is 83.5 Å². The van der Waals surface area contributed by atoms with Gasteiger partial charge in [-0.25, -0.2) is 0 Å². The molecule has 0 aliphatic carbocycles. The van der Waals surface area contributed by atoms with Gasteiger partial charge in [0.2, 0.25) is 0 Å². The van der Waals surface area contributed by atoms with Gasteiger partial charge in [0.1, 0.15) is 5.69 Å². The van der Waals surface area contributed by atoms with E-state index in [-0.39, 0.29) is 5.56 Å². The number of H-pyrrole nitrogens is 1. The monoisotopic (exact) mass is 195 g/mol. The lowest BCUT2D eigenvalue weighted by molar-refractivity contribution is 0.743. The van der Waals surface area contributed by atoms with E-state index >= 15 is 0 Å². The lowest BCUT2D eigenvalue weighted by Gasteiger charge is -2.06. The van der Waals surface area contributed by atoms with Crippen LogP contribution in [0.1, 0.15) is 26.2 Å². The molecule has 0 atom stereocenters. The molecular weight excluding hydrogens is 178 g/mol. The largest absolute Gasteiger partial charge is 0.397 e. The van der Waals surface area contributed by atoms with Crippen LogP contribution in [-0.4, -0.2) is 11.5 Å². The molecular formula is C10H17N3O. The number of unbranched alkanes of at least 4 members (excludes halogenated alkanes) is 2. The molecule has 0 aromatic carbocycles. The first-order valence-electron chi connectivity index (χ1n) is 4.96. The van der Waals surface area contributed by atoms with Gasteiger partial charge in [-0.05, 0) is 12.5 Å². The Morgan fingerprint density at radius 1 is 1.50 bits per heavy atom. The van der Waals surface area contributed by atoms with E-state index in [1.807, 2.05) is 0 Å². The molecule has 1 heterocycles. The quantitative estimate of drug-likeness (QED) is 0.624. The highest BCUT2D eigenvalue weighted by Gasteiger charge is 2.01. The molecule has 4 N–H and O–H groups in total. The Morgan fingerprint density at radius 3 is 2.93 bits per heavy atom. The maximum Gasteiger partial charge on any atom is 0.273 e. The number of rotatable bonds is 5. The van der Waals surface area contributed by atoms with E-state index in [1.165, 1.54) is 6.42 Å². The Hall–Kier alpha value is -1.45. The number of aromatic amines is 1. The molecule has 0 aliphatic rings. The van der Waals surface area contributed by atoms with Crippen LogP contribution in [0.2, 0.25) is 0 Å². The van der Waals surface area contributed by atoms with Crippen molar-refractivity contribution in [2.45, 2.75) is 26.2 Å². The molecule has 1 aromatic rings. The zero-order valence-electron chi connectivity index (χ0n) is 8.47. The van der Waals surface area contributed by atoms with E-state index in [9.17, 15) is 4.79 Å². The molecule has 0 aliphatic heterocycles. The van der Waals surface area contributed by atoms with Crippen LogP contribution in [0.4, 0.5) is 11.4 Å². The third-order valence-corrected chi connectivity index (χ3v) is 2.08. The van der Waals surface area contributed by atoms with E-state index in [0.29, 0.717) is 11.4 Å². The fourth-order valence-corrected chi connectivity index (χ4v) is 1.26. The van der Waals surface area contributed by atoms with E-state index < -0.39 is 0 Å². The number of anilines is 2. The summed E-state index contributed by atoms with van der Waals surface area (Å²) in [5, 5.41) is 3.05. The van der Waals surface area contributed by atoms with Gasteiger partial charge < -0.3 is 16.0 Å². The second-order valence-electron chi connectivity index (χ2n) is 3.27. The summed E-state index contributed by atoms with van der Waals surface area (Å²) in [6.07, 6.45) is 4.94. The maximum atomic E-state index is 11.3. The Kier molecular flexibility index (Phi) is 4.04. The molecule has 4 heteroatoms. The number of aromatic nitrogens is 1. The predicted octanol–water partition coefficient (Wildman–Crippen LogP) is 1.56. The van der Waals surface area contributed by atoms with Crippen molar-refractivity contribution in [3.8, 4) is 0 Å². The third-order valence-electron chi connectivity index (χ3n) is 2.08. The highest BCUT2D eigenvalue weighted by Crippen LogP contribution is 2.10. The lowest BCUT2D eigenvalue weighted by atomic mass is 10.2. The normalized spacial score (nSPS) is 10.1. The minimum atomic E-state index is -0.151. The van der Waals surface area contributed by atoms with Gasteiger partial charge in [0.15, 0.2) is 0 Å². The van der Waals surface area contributed by atoms with Gasteiger partial charge in [0.05, 0.1) is 5.69 Å². The number of hydrogen-bond donors (Lipinski definition) is 3. The van der Waals surface area contributed by atoms with Crippen LogP contribution in [0.25, 0.3) is 0 Å². The Balaban J connectivity index is 2.54. The Bertz CT molecular complexity index is 332. The summed E-state index contributed by atoms with van der Waals surface area (Å²) in [4.78, 5) is 13.9. The van der Waals surface area contributed by atoms with Crippen LogP contribution in [0.5, 0.6) is 0 Å². The number of nitrogens with one attached hydrogen (secondary N) is 2. The summed E-state index contributed by atoms with van der Waals surface area (Å²) in [6, 6.07) is 1.68. The van der Waals surface area contributed by atoms with Gasteiger partial charge in [-0.3, -0.25) is 4.79 Å². The first-order valence-corrected chi connectivity index (χ1v) is 4.96. The van der Waals surface area contributed by atoms with Crippen molar-refractivity contribution in [1.82, 2.24) is 4.98 Å². The van der Waals surface area contributed by atoms with Gasteiger partial charge in [-0.1, -0.05) is 19.8 Å². The number of pyridine rings is 1. The van der Waals surface area contributed by atoms with Crippen molar-refractivity contribution < 1.29 is 0 Å². The van der Waals surface area contributed by atoms with Crippen LogP contribution in [0.15, 0.2) is 17.1 Å². The smallest absolute Gasteiger partial charge is 0.273 e. The molecule has 1 aromatic heterocycles. The lowest BCUT2D eigenvalue weighted by Crippen LogP contribution is -2.16. The van der Waals surface area contributed by atoms with Crippen LogP contribution >= 0.6 is 0 Å². The van der Waals surface area contributed by atoms with Crippen LogP contribution in [0, 0.1) is 0 Å². The topological polar surface area (TPSA) is 70.9 Å². The van der Waals surface area contributed by atoms with Crippen LogP contribution in [-0.2, 0) is 0 Å². The van der Waals surface area contributed by atoms with Crippen molar-refractivity contribution in [3.05, 3.63) is 22.6 Å². The molecule has 0 bridgehead atoms. The molecule has 0 radical (unpaired) electrons. The molecule has 4 nitrogen and oxygen atoms in total. The highest BCUT2D eigenvalue weighted by molar-refractivity contribution is 5.63. The molecule has 0 saturated heterocycles. The van der Waals surface area contributed by atoms with Gasteiger partial charge >= 0.3 is 0 Å². The Morgan fingerprint density at radius 2 is 2.29 bits per heavy atom. The maximum absolute atomic E-state index is 11.3. The van der Waals surface area contributed by atoms with Crippen LogP contribution < -0.4 is 16.6 Å². The van der Waals surface area contributed by atoms with E-state index in [2.05, 4.69) is 17.2 Å². The van der Waals surface area contributed by atoms with Crippen molar-refractivity contribution in [2.24, 2.45) is 0 Å². The fraction of sp³-hybridized carbons (Fsp3) is 0.500. The summed E-state index contributed by atoms with van der Waals surface area (Å²) >= 11 is 0. The van der Waals surface area contributed by atoms with Crippen molar-refractivity contribution in [2.75, 3.05) is 17.6 Å². The fourth-order valence-electron chi connectivity index (χ4n) is 1.26. The molecule has 0 fully saturated rings. The second-order valence-corrected chi connectivity index (χ2v) is 3.27. The van der Waals surface area contributed by atoms with Crippen molar-refractivity contribution in [3.63, 3.8) is 0 Å². The molecule has 0 saturated carbocycles. The molecule has 0 unspecified atom stereocenters. The zero-order chi connectivity index (χ0) is 10.4. The molecule has 78 valence electrons.